The van der Waals surface area contributed by atoms with Crippen molar-refractivity contribution >= 4 is 37.7 Å². The number of fused-ring (bicyclic) bond motifs is 2. The number of hydrogen-bond acceptors (Lipinski definition) is 4. The zero-order valence-electron chi connectivity index (χ0n) is 20.8. The molecule has 0 bridgehead atoms. The summed E-state index contributed by atoms with van der Waals surface area (Å²) in [4.78, 5) is 9.76. The van der Waals surface area contributed by atoms with Crippen molar-refractivity contribution in [2.24, 2.45) is 0 Å². The lowest BCUT2D eigenvalue weighted by atomic mass is 9.77. The maximum atomic E-state index is 5.19. The Morgan fingerprint density at radius 2 is 1.42 bits per heavy atom. The molecule has 0 amide bonds. The van der Waals surface area contributed by atoms with E-state index in [1.54, 1.807) is 0 Å². The molecule has 1 fully saturated rings. The van der Waals surface area contributed by atoms with E-state index in [0.717, 1.165) is 68.4 Å². The molecule has 2 aromatic heterocycles. The summed E-state index contributed by atoms with van der Waals surface area (Å²) in [5, 5.41) is 10.6. The molecule has 6 heteroatoms. The molecule has 0 saturated carbocycles. The third kappa shape index (κ3) is 3.67. The normalized spacial score (nSPS) is 15.9. The molecule has 5 nitrogen and oxygen atoms in total. The Kier molecular flexibility index (Phi) is 5.79. The molecule has 0 spiro atoms. The molecule has 38 heavy (non-hydrogen) atoms. The van der Waals surface area contributed by atoms with E-state index in [2.05, 4.69) is 129 Å². The van der Waals surface area contributed by atoms with Crippen LogP contribution in [0.15, 0.2) is 114 Å². The lowest BCUT2D eigenvalue weighted by molar-refractivity contribution is 0.474. The van der Waals surface area contributed by atoms with E-state index >= 15 is 0 Å². The Morgan fingerprint density at radius 3 is 1.97 bits per heavy atom. The zero-order valence-corrected chi connectivity index (χ0v) is 22.3. The van der Waals surface area contributed by atoms with Crippen molar-refractivity contribution in [2.75, 3.05) is 13.1 Å². The molecule has 0 radical (unpaired) electrons. The predicted molar refractivity (Wildman–Crippen MR) is 155 cm³/mol. The van der Waals surface area contributed by atoms with Gasteiger partial charge in [-0.05, 0) is 57.7 Å². The van der Waals surface area contributed by atoms with E-state index in [0.29, 0.717) is 5.92 Å². The maximum absolute atomic E-state index is 5.19. The van der Waals surface area contributed by atoms with Crippen molar-refractivity contribution < 1.29 is 0 Å². The molecule has 1 N–H and O–H groups in total. The van der Waals surface area contributed by atoms with E-state index in [4.69, 9.17) is 15.1 Å². The topological polar surface area (TPSA) is 55.6 Å². The van der Waals surface area contributed by atoms with Crippen molar-refractivity contribution in [1.82, 2.24) is 25.1 Å². The highest BCUT2D eigenvalue weighted by Crippen LogP contribution is 2.43. The second-order valence-electron chi connectivity index (χ2n) is 9.86. The van der Waals surface area contributed by atoms with E-state index in [9.17, 15) is 0 Å². The minimum absolute atomic E-state index is 0.364. The third-order valence-corrected chi connectivity index (χ3v) is 8.26. The van der Waals surface area contributed by atoms with E-state index in [-0.39, 0.29) is 0 Å². The molecule has 1 atom stereocenters. The van der Waals surface area contributed by atoms with Gasteiger partial charge < -0.3 is 5.32 Å². The van der Waals surface area contributed by atoms with Crippen molar-refractivity contribution in [3.05, 3.63) is 136 Å². The Hall–Kier alpha value is -3.87. The van der Waals surface area contributed by atoms with Gasteiger partial charge in [0.15, 0.2) is 0 Å². The summed E-state index contributed by atoms with van der Waals surface area (Å²) in [6.45, 7) is 1.95. The second kappa shape index (κ2) is 9.46. The number of halogens is 1. The molecule has 7 rings (SSSR count). The highest BCUT2D eigenvalue weighted by atomic mass is 79.9. The van der Waals surface area contributed by atoms with Crippen LogP contribution < -0.4 is 5.32 Å². The largest absolute Gasteiger partial charge is 0.316 e. The molecular weight excluding hydrogens is 534 g/mol. The van der Waals surface area contributed by atoms with Gasteiger partial charge in [0.25, 0.3) is 0 Å². The van der Waals surface area contributed by atoms with Crippen LogP contribution in [0.25, 0.3) is 21.8 Å². The fourth-order valence-corrected chi connectivity index (χ4v) is 6.33. The van der Waals surface area contributed by atoms with Crippen LogP contribution in [0.5, 0.6) is 0 Å². The lowest BCUT2D eigenvalue weighted by Gasteiger charge is -2.37. The minimum atomic E-state index is -0.696. The number of benzene rings is 4. The predicted octanol–water partition coefficient (Wildman–Crippen LogP) is 6.66. The van der Waals surface area contributed by atoms with Gasteiger partial charge in [0.05, 0.1) is 11.0 Å². The average Bonchev–Trinajstić information content (AvgIpc) is 3.63. The number of aromatic nitrogens is 4. The van der Waals surface area contributed by atoms with Crippen molar-refractivity contribution in [3.8, 4) is 0 Å². The van der Waals surface area contributed by atoms with Crippen LogP contribution in [0.1, 0.15) is 34.9 Å². The van der Waals surface area contributed by atoms with Gasteiger partial charge in [-0.25, -0.2) is 14.6 Å². The molecule has 3 heterocycles. The van der Waals surface area contributed by atoms with Gasteiger partial charge in [-0.3, -0.25) is 0 Å². The summed E-state index contributed by atoms with van der Waals surface area (Å²) in [6.07, 6.45) is 3.04. The Morgan fingerprint density at radius 1 is 0.816 bits per heavy atom. The average molecular weight is 560 g/mol. The summed E-state index contributed by atoms with van der Waals surface area (Å²) in [5.41, 5.74) is 4.66. The maximum Gasteiger partial charge on any atom is 0.138 e. The number of nitrogens with zero attached hydrogens (tertiary/aromatic N) is 4. The first-order valence-electron chi connectivity index (χ1n) is 13.0. The molecular formula is C32H26BrN5. The van der Waals surface area contributed by atoms with Crippen LogP contribution >= 0.6 is 15.9 Å². The summed E-state index contributed by atoms with van der Waals surface area (Å²) < 4.78 is 2.96. The third-order valence-electron chi connectivity index (χ3n) is 7.67. The Balaban J connectivity index is 1.55. The summed E-state index contributed by atoms with van der Waals surface area (Å²) in [7, 11) is 0. The molecule has 1 aliphatic heterocycles. The van der Waals surface area contributed by atoms with Crippen LogP contribution in [0.4, 0.5) is 0 Å². The molecule has 1 unspecified atom stereocenters. The van der Waals surface area contributed by atoms with Gasteiger partial charge in [-0.15, -0.1) is 0 Å². The fraction of sp³-hybridized carbons (Fsp3) is 0.156. The smallest absolute Gasteiger partial charge is 0.138 e. The van der Waals surface area contributed by atoms with Crippen molar-refractivity contribution in [1.29, 1.82) is 0 Å². The van der Waals surface area contributed by atoms with Gasteiger partial charge >= 0.3 is 0 Å². The van der Waals surface area contributed by atoms with Gasteiger partial charge in [0, 0.05) is 29.4 Å². The Bertz CT molecular complexity index is 1630. The SMILES string of the molecule is Brc1nn(C(c2ccccc2)(c2ccccc2)c2ccccc2)c2cc3cnc(C4CCNC4)nc3cc12. The zero-order chi connectivity index (χ0) is 25.5. The number of hydrogen-bond donors (Lipinski definition) is 1. The minimum Gasteiger partial charge on any atom is -0.316 e. The molecule has 1 aliphatic rings. The van der Waals surface area contributed by atoms with Crippen molar-refractivity contribution in [3.63, 3.8) is 0 Å². The molecule has 4 aromatic carbocycles. The van der Waals surface area contributed by atoms with E-state index < -0.39 is 5.54 Å². The van der Waals surface area contributed by atoms with Gasteiger partial charge in [0.2, 0.25) is 0 Å². The van der Waals surface area contributed by atoms with Crippen LogP contribution in [-0.4, -0.2) is 32.8 Å². The van der Waals surface area contributed by atoms with Crippen molar-refractivity contribution in [2.45, 2.75) is 17.9 Å². The first-order valence-corrected chi connectivity index (χ1v) is 13.8. The summed E-state index contributed by atoms with van der Waals surface area (Å²) >= 11 is 3.81. The number of nitrogens with one attached hydrogen (secondary N) is 1. The number of rotatable bonds is 5. The van der Waals surface area contributed by atoms with E-state index in [1.807, 2.05) is 6.20 Å². The van der Waals surface area contributed by atoms with Crippen LogP contribution in [-0.2, 0) is 5.54 Å². The van der Waals surface area contributed by atoms with Gasteiger partial charge in [-0.1, -0.05) is 91.0 Å². The van der Waals surface area contributed by atoms with Gasteiger partial charge in [0.1, 0.15) is 16.0 Å². The highest BCUT2D eigenvalue weighted by Gasteiger charge is 2.40. The van der Waals surface area contributed by atoms with Gasteiger partial charge in [-0.2, -0.15) is 5.10 Å². The molecule has 1 saturated heterocycles. The van der Waals surface area contributed by atoms with Crippen LogP contribution in [0.2, 0.25) is 0 Å². The fourth-order valence-electron chi connectivity index (χ4n) is 5.85. The lowest BCUT2D eigenvalue weighted by Crippen LogP contribution is -2.38. The molecule has 0 aliphatic carbocycles. The Labute approximate surface area is 229 Å². The quantitative estimate of drug-likeness (QED) is 0.240. The monoisotopic (exact) mass is 559 g/mol. The molecule has 6 aromatic rings. The van der Waals surface area contributed by atoms with Crippen LogP contribution in [0.3, 0.4) is 0 Å². The second-order valence-corrected chi connectivity index (χ2v) is 10.6. The highest BCUT2D eigenvalue weighted by molar-refractivity contribution is 9.10. The summed E-state index contributed by atoms with van der Waals surface area (Å²) in [6, 6.07) is 36.2. The first kappa shape index (κ1) is 23.3. The van der Waals surface area contributed by atoms with E-state index in [1.165, 1.54) is 0 Å². The van der Waals surface area contributed by atoms with Crippen LogP contribution in [0, 0.1) is 0 Å². The first-order chi connectivity index (χ1) is 18.7. The standard InChI is InChI=1S/C32H26BrN5/c33-30-27-19-28-23(21-35-31(36-28)22-16-17-34-20-22)18-29(27)38(37-30)32(24-10-4-1-5-11-24,25-12-6-2-7-13-25)26-14-8-3-9-15-26/h1-15,18-19,21-22,34H,16-17,20H2. The summed E-state index contributed by atoms with van der Waals surface area (Å²) in [5.74, 6) is 1.28. The molecule has 186 valence electrons.